The maximum atomic E-state index is 5.39. The average molecular weight is 379 g/mol. The summed E-state index contributed by atoms with van der Waals surface area (Å²) in [5.74, 6) is 2.41. The Bertz CT molecular complexity index is 375. The van der Waals surface area contributed by atoms with Gasteiger partial charge in [-0.2, -0.15) is 0 Å². The third kappa shape index (κ3) is 5.02. The van der Waals surface area contributed by atoms with Gasteiger partial charge in [-0.15, -0.1) is 24.0 Å². The van der Waals surface area contributed by atoms with Crippen LogP contribution in [0, 0.1) is 5.92 Å². The Morgan fingerprint density at radius 3 is 3.00 bits per heavy atom. The van der Waals surface area contributed by atoms with Crippen LogP contribution in [-0.2, 0) is 11.3 Å². The van der Waals surface area contributed by atoms with E-state index < -0.39 is 0 Å². The lowest BCUT2D eigenvalue weighted by molar-refractivity contribution is 0.181. The molecule has 108 valence electrons. The highest BCUT2D eigenvalue weighted by Crippen LogP contribution is 2.13. The van der Waals surface area contributed by atoms with Gasteiger partial charge >= 0.3 is 0 Å². The normalized spacial score (nSPS) is 19.1. The number of nitrogens with one attached hydrogen (secondary N) is 1. The fourth-order valence-electron chi connectivity index (χ4n) is 2.17. The third-order valence-corrected chi connectivity index (χ3v) is 3.13. The number of furan rings is 1. The van der Waals surface area contributed by atoms with Crippen molar-refractivity contribution in [3.63, 3.8) is 0 Å². The predicted octanol–water partition coefficient (Wildman–Crippen LogP) is 1.94. The van der Waals surface area contributed by atoms with E-state index >= 15 is 0 Å². The number of nitrogens with zero attached hydrogens (tertiary/aromatic N) is 2. The molecule has 2 rings (SSSR count). The van der Waals surface area contributed by atoms with Crippen LogP contribution in [0.5, 0.6) is 0 Å². The number of halogens is 1. The standard InChI is InChI=1S/C13H21N3O2.HI/c1-14-13(15-8-12-4-3-6-18-12)16(2)9-11-5-7-17-10-11;/h3-4,6,11H,5,7-10H2,1-2H3,(H,14,15);1H. The molecule has 1 atom stereocenters. The van der Waals surface area contributed by atoms with Crippen LogP contribution in [0.3, 0.4) is 0 Å². The molecule has 6 heteroatoms. The fraction of sp³-hybridized carbons (Fsp3) is 0.615. The number of ether oxygens (including phenoxy) is 1. The lowest BCUT2D eigenvalue weighted by Crippen LogP contribution is -2.41. The van der Waals surface area contributed by atoms with Crippen LogP contribution in [0.2, 0.25) is 0 Å². The Balaban J connectivity index is 0.00000180. The molecule has 0 aliphatic carbocycles. The molecule has 0 aromatic carbocycles. The molecule has 0 radical (unpaired) electrons. The van der Waals surface area contributed by atoms with E-state index in [4.69, 9.17) is 9.15 Å². The van der Waals surface area contributed by atoms with Gasteiger partial charge in [0.15, 0.2) is 5.96 Å². The van der Waals surface area contributed by atoms with Gasteiger partial charge in [0, 0.05) is 33.2 Å². The Kier molecular flexibility index (Phi) is 7.22. The first-order valence-corrected chi connectivity index (χ1v) is 6.31. The monoisotopic (exact) mass is 379 g/mol. The van der Waals surface area contributed by atoms with Gasteiger partial charge in [-0.25, -0.2) is 0 Å². The SMILES string of the molecule is CN=C(NCc1ccco1)N(C)CC1CCOC1.I. The van der Waals surface area contributed by atoms with E-state index in [0.29, 0.717) is 12.5 Å². The summed E-state index contributed by atoms with van der Waals surface area (Å²) < 4.78 is 10.7. The van der Waals surface area contributed by atoms with Gasteiger partial charge < -0.3 is 19.4 Å². The minimum atomic E-state index is 0. The summed E-state index contributed by atoms with van der Waals surface area (Å²) in [7, 11) is 3.85. The Morgan fingerprint density at radius 1 is 1.58 bits per heavy atom. The van der Waals surface area contributed by atoms with Crippen molar-refractivity contribution in [3.8, 4) is 0 Å². The van der Waals surface area contributed by atoms with E-state index in [2.05, 4.69) is 22.3 Å². The lowest BCUT2D eigenvalue weighted by atomic mass is 10.1. The zero-order chi connectivity index (χ0) is 12.8. The molecule has 5 nitrogen and oxygen atoms in total. The van der Waals surface area contributed by atoms with Crippen LogP contribution < -0.4 is 5.32 Å². The number of guanidine groups is 1. The summed E-state index contributed by atoms with van der Waals surface area (Å²) in [6.45, 7) is 3.37. The number of hydrogen-bond donors (Lipinski definition) is 1. The first-order chi connectivity index (χ1) is 8.79. The summed E-state index contributed by atoms with van der Waals surface area (Å²) in [6.07, 6.45) is 2.82. The molecule has 0 amide bonds. The van der Waals surface area contributed by atoms with Crippen molar-refractivity contribution in [1.82, 2.24) is 10.2 Å². The number of rotatable bonds is 4. The summed E-state index contributed by atoms with van der Waals surface area (Å²) in [5, 5.41) is 3.29. The van der Waals surface area contributed by atoms with Crippen LogP contribution in [0.25, 0.3) is 0 Å². The zero-order valence-electron chi connectivity index (χ0n) is 11.5. The van der Waals surface area contributed by atoms with Crippen molar-refractivity contribution < 1.29 is 9.15 Å². The highest BCUT2D eigenvalue weighted by molar-refractivity contribution is 14.0. The fourth-order valence-corrected chi connectivity index (χ4v) is 2.17. The molecule has 0 saturated carbocycles. The average Bonchev–Trinajstić information content (AvgIpc) is 3.02. The molecule has 19 heavy (non-hydrogen) atoms. The molecule has 1 saturated heterocycles. The molecular formula is C13H22IN3O2. The predicted molar refractivity (Wildman–Crippen MR) is 85.9 cm³/mol. The van der Waals surface area contributed by atoms with Crippen molar-refractivity contribution >= 4 is 29.9 Å². The van der Waals surface area contributed by atoms with Crippen molar-refractivity contribution in [2.75, 3.05) is 33.9 Å². The Labute approximate surface area is 131 Å². The zero-order valence-corrected chi connectivity index (χ0v) is 13.8. The second-order valence-corrected chi connectivity index (χ2v) is 4.59. The molecule has 2 heterocycles. The maximum Gasteiger partial charge on any atom is 0.193 e. The molecule has 1 aliphatic rings. The molecule has 0 spiro atoms. The highest BCUT2D eigenvalue weighted by atomic mass is 127. The second-order valence-electron chi connectivity index (χ2n) is 4.59. The molecular weight excluding hydrogens is 357 g/mol. The topological polar surface area (TPSA) is 50.0 Å². The van der Waals surface area contributed by atoms with Gasteiger partial charge in [0.1, 0.15) is 5.76 Å². The van der Waals surface area contributed by atoms with E-state index in [-0.39, 0.29) is 24.0 Å². The molecule has 1 aliphatic heterocycles. The van der Waals surface area contributed by atoms with E-state index in [1.807, 2.05) is 12.1 Å². The summed E-state index contributed by atoms with van der Waals surface area (Å²) >= 11 is 0. The van der Waals surface area contributed by atoms with Gasteiger partial charge in [-0.05, 0) is 18.6 Å². The van der Waals surface area contributed by atoms with Gasteiger partial charge in [-0.1, -0.05) is 0 Å². The van der Waals surface area contributed by atoms with Crippen LogP contribution in [0.15, 0.2) is 27.8 Å². The number of aliphatic imine (C=N–C) groups is 1. The molecule has 1 unspecified atom stereocenters. The van der Waals surface area contributed by atoms with Gasteiger partial charge in [0.2, 0.25) is 0 Å². The second kappa shape index (κ2) is 8.42. The van der Waals surface area contributed by atoms with Gasteiger partial charge in [0.25, 0.3) is 0 Å². The largest absolute Gasteiger partial charge is 0.467 e. The molecule has 1 fully saturated rings. The minimum absolute atomic E-state index is 0. The third-order valence-electron chi connectivity index (χ3n) is 3.13. The summed E-state index contributed by atoms with van der Waals surface area (Å²) in [6, 6.07) is 3.84. The summed E-state index contributed by atoms with van der Waals surface area (Å²) in [4.78, 5) is 6.42. The molecule has 0 bridgehead atoms. The van der Waals surface area contributed by atoms with Crippen molar-refractivity contribution in [2.24, 2.45) is 10.9 Å². The summed E-state index contributed by atoms with van der Waals surface area (Å²) in [5.41, 5.74) is 0. The van der Waals surface area contributed by atoms with Crippen LogP contribution >= 0.6 is 24.0 Å². The van der Waals surface area contributed by atoms with Crippen molar-refractivity contribution in [3.05, 3.63) is 24.2 Å². The first kappa shape index (κ1) is 16.3. The molecule has 1 aromatic rings. The van der Waals surface area contributed by atoms with E-state index in [1.54, 1.807) is 13.3 Å². The van der Waals surface area contributed by atoms with Gasteiger partial charge in [0.05, 0.1) is 19.4 Å². The maximum absolute atomic E-state index is 5.39. The molecule has 1 aromatic heterocycles. The highest BCUT2D eigenvalue weighted by Gasteiger charge is 2.18. The Hall–Kier alpha value is -0.760. The van der Waals surface area contributed by atoms with Crippen molar-refractivity contribution in [2.45, 2.75) is 13.0 Å². The van der Waals surface area contributed by atoms with Crippen LogP contribution in [0.4, 0.5) is 0 Å². The van der Waals surface area contributed by atoms with Crippen molar-refractivity contribution in [1.29, 1.82) is 0 Å². The Morgan fingerprint density at radius 2 is 2.42 bits per heavy atom. The van der Waals surface area contributed by atoms with E-state index in [9.17, 15) is 0 Å². The van der Waals surface area contributed by atoms with E-state index in [0.717, 1.165) is 37.9 Å². The van der Waals surface area contributed by atoms with Gasteiger partial charge in [-0.3, -0.25) is 4.99 Å². The lowest BCUT2D eigenvalue weighted by Gasteiger charge is -2.24. The van der Waals surface area contributed by atoms with Crippen LogP contribution in [0.1, 0.15) is 12.2 Å². The first-order valence-electron chi connectivity index (χ1n) is 6.31. The number of hydrogen-bond acceptors (Lipinski definition) is 3. The quantitative estimate of drug-likeness (QED) is 0.494. The smallest absolute Gasteiger partial charge is 0.193 e. The van der Waals surface area contributed by atoms with E-state index in [1.165, 1.54) is 0 Å². The minimum Gasteiger partial charge on any atom is -0.467 e. The molecule has 1 N–H and O–H groups in total. The van der Waals surface area contributed by atoms with Crippen LogP contribution in [-0.4, -0.2) is 44.7 Å².